The van der Waals surface area contributed by atoms with Crippen molar-refractivity contribution in [2.75, 3.05) is 39.8 Å². The first-order valence-electron chi connectivity index (χ1n) is 9.19. The summed E-state index contributed by atoms with van der Waals surface area (Å²) in [4.78, 5) is 30.2. The Hall–Kier alpha value is -2.44. The van der Waals surface area contributed by atoms with Crippen LogP contribution in [0.2, 0.25) is 5.02 Å². The molecule has 1 fully saturated rings. The van der Waals surface area contributed by atoms with Crippen LogP contribution in [0, 0.1) is 5.82 Å². The molecular weight excluding hydrogens is 381 g/mol. The summed E-state index contributed by atoms with van der Waals surface area (Å²) in [6, 6.07) is 13.6. The Bertz CT molecular complexity index is 819. The zero-order valence-corrected chi connectivity index (χ0v) is 16.5. The van der Waals surface area contributed by atoms with Gasteiger partial charge in [0, 0.05) is 55.9 Å². The van der Waals surface area contributed by atoms with Crippen LogP contribution in [0.1, 0.15) is 15.9 Å². The van der Waals surface area contributed by atoms with Crippen LogP contribution in [-0.4, -0.2) is 66.3 Å². The second kappa shape index (κ2) is 9.17. The summed E-state index contributed by atoms with van der Waals surface area (Å²) in [6.45, 7) is 2.79. The molecule has 1 aliphatic rings. The molecule has 2 amide bonds. The van der Waals surface area contributed by atoms with E-state index in [9.17, 15) is 14.0 Å². The fraction of sp³-hybridized carbons (Fsp3) is 0.333. The van der Waals surface area contributed by atoms with Crippen LogP contribution in [0.4, 0.5) is 4.39 Å². The molecule has 1 heterocycles. The first-order chi connectivity index (χ1) is 13.5. The van der Waals surface area contributed by atoms with Crippen molar-refractivity contribution in [3.63, 3.8) is 0 Å². The Morgan fingerprint density at radius 3 is 2.36 bits per heavy atom. The van der Waals surface area contributed by atoms with Gasteiger partial charge in [0.2, 0.25) is 5.91 Å². The fourth-order valence-corrected chi connectivity index (χ4v) is 3.46. The molecule has 2 aromatic carbocycles. The third-order valence-electron chi connectivity index (χ3n) is 4.91. The number of benzene rings is 2. The molecule has 2 aromatic rings. The topological polar surface area (TPSA) is 43.9 Å². The van der Waals surface area contributed by atoms with Crippen molar-refractivity contribution in [3.05, 3.63) is 70.5 Å². The second-order valence-electron chi connectivity index (χ2n) is 6.88. The largest absolute Gasteiger partial charge is 0.339 e. The van der Waals surface area contributed by atoms with Crippen LogP contribution in [0.15, 0.2) is 48.5 Å². The second-order valence-corrected chi connectivity index (χ2v) is 7.29. The Labute approximate surface area is 169 Å². The number of likely N-dealkylation sites (N-methyl/N-ethyl adjacent to an activating group) is 1. The number of piperazine rings is 1. The molecule has 0 saturated carbocycles. The molecule has 1 aliphatic heterocycles. The summed E-state index contributed by atoms with van der Waals surface area (Å²) in [7, 11) is 1.63. The van der Waals surface area contributed by atoms with Crippen LogP contribution in [-0.2, 0) is 11.3 Å². The van der Waals surface area contributed by atoms with Gasteiger partial charge in [-0.2, -0.15) is 0 Å². The van der Waals surface area contributed by atoms with E-state index in [0.29, 0.717) is 48.9 Å². The molecule has 3 rings (SSSR count). The monoisotopic (exact) mass is 403 g/mol. The molecule has 0 bridgehead atoms. The number of carbonyl (C=O) groups excluding carboxylic acids is 2. The molecule has 1 saturated heterocycles. The average Bonchev–Trinajstić information content (AvgIpc) is 2.71. The fourth-order valence-electron chi connectivity index (χ4n) is 3.24. The molecule has 0 unspecified atom stereocenters. The van der Waals surface area contributed by atoms with E-state index in [0.717, 1.165) is 0 Å². The quantitative estimate of drug-likeness (QED) is 0.771. The van der Waals surface area contributed by atoms with Gasteiger partial charge in [0.1, 0.15) is 5.82 Å². The lowest BCUT2D eigenvalue weighted by Gasteiger charge is -2.35. The van der Waals surface area contributed by atoms with Crippen LogP contribution >= 0.6 is 11.6 Å². The van der Waals surface area contributed by atoms with Crippen molar-refractivity contribution in [1.82, 2.24) is 14.7 Å². The van der Waals surface area contributed by atoms with Gasteiger partial charge in [-0.1, -0.05) is 35.9 Å². The highest BCUT2D eigenvalue weighted by Gasteiger charge is 2.24. The molecule has 5 nitrogen and oxygen atoms in total. The average molecular weight is 404 g/mol. The molecule has 7 heteroatoms. The van der Waals surface area contributed by atoms with E-state index in [1.165, 1.54) is 11.0 Å². The highest BCUT2D eigenvalue weighted by Crippen LogP contribution is 2.21. The number of hydrogen-bond acceptors (Lipinski definition) is 3. The van der Waals surface area contributed by atoms with Gasteiger partial charge in [-0.3, -0.25) is 14.5 Å². The smallest absolute Gasteiger partial charge is 0.254 e. The van der Waals surface area contributed by atoms with Gasteiger partial charge in [-0.15, -0.1) is 0 Å². The van der Waals surface area contributed by atoms with Crippen molar-refractivity contribution in [3.8, 4) is 0 Å². The van der Waals surface area contributed by atoms with E-state index >= 15 is 0 Å². The van der Waals surface area contributed by atoms with E-state index in [-0.39, 0.29) is 24.2 Å². The van der Waals surface area contributed by atoms with Crippen LogP contribution < -0.4 is 0 Å². The zero-order valence-electron chi connectivity index (χ0n) is 15.8. The molecular formula is C21H23ClFN3O2. The lowest BCUT2D eigenvalue weighted by Crippen LogP contribution is -2.51. The van der Waals surface area contributed by atoms with Gasteiger partial charge in [0.15, 0.2) is 0 Å². The van der Waals surface area contributed by atoms with Crippen LogP contribution in [0.5, 0.6) is 0 Å². The van der Waals surface area contributed by atoms with Gasteiger partial charge >= 0.3 is 0 Å². The highest BCUT2D eigenvalue weighted by molar-refractivity contribution is 6.31. The van der Waals surface area contributed by atoms with E-state index in [2.05, 4.69) is 4.90 Å². The Balaban J connectivity index is 1.50. The number of amides is 2. The third kappa shape index (κ3) is 4.88. The van der Waals surface area contributed by atoms with E-state index < -0.39 is 0 Å². The summed E-state index contributed by atoms with van der Waals surface area (Å²) < 4.78 is 14.0. The maximum atomic E-state index is 14.0. The standard InChI is InChI=1S/C21H23ClFN3O2/c1-24(21(28)16-6-3-2-4-7-16)15-20(27)26-12-10-25(11-13-26)14-17-18(22)8-5-9-19(17)23/h2-9H,10-15H2,1H3. The predicted molar refractivity (Wildman–Crippen MR) is 107 cm³/mol. The van der Waals surface area contributed by atoms with Gasteiger partial charge < -0.3 is 9.80 Å². The number of rotatable bonds is 5. The summed E-state index contributed by atoms with van der Waals surface area (Å²) in [5.41, 5.74) is 1.04. The number of halogens is 2. The molecule has 0 spiro atoms. The third-order valence-corrected chi connectivity index (χ3v) is 5.26. The highest BCUT2D eigenvalue weighted by atomic mass is 35.5. The van der Waals surface area contributed by atoms with Gasteiger partial charge in [0.05, 0.1) is 6.54 Å². The first kappa shape index (κ1) is 20.3. The Kier molecular flexibility index (Phi) is 6.65. The molecule has 0 aromatic heterocycles. The van der Waals surface area contributed by atoms with E-state index in [1.54, 1.807) is 48.3 Å². The van der Waals surface area contributed by atoms with Gasteiger partial charge in [0.25, 0.3) is 5.91 Å². The van der Waals surface area contributed by atoms with Crippen LogP contribution in [0.25, 0.3) is 0 Å². The lowest BCUT2D eigenvalue weighted by atomic mass is 10.1. The summed E-state index contributed by atoms with van der Waals surface area (Å²) in [6.07, 6.45) is 0. The van der Waals surface area contributed by atoms with Gasteiger partial charge in [-0.05, 0) is 24.3 Å². The van der Waals surface area contributed by atoms with Crippen LogP contribution in [0.3, 0.4) is 0 Å². The Morgan fingerprint density at radius 2 is 1.71 bits per heavy atom. The molecule has 148 valence electrons. The summed E-state index contributed by atoms with van der Waals surface area (Å²) in [5.74, 6) is -0.579. The minimum absolute atomic E-state index is 0.0346. The summed E-state index contributed by atoms with van der Waals surface area (Å²) in [5, 5.41) is 0.416. The molecule has 0 N–H and O–H groups in total. The number of carbonyl (C=O) groups is 2. The normalized spacial score (nSPS) is 14.8. The van der Waals surface area contributed by atoms with Gasteiger partial charge in [-0.25, -0.2) is 4.39 Å². The lowest BCUT2D eigenvalue weighted by molar-refractivity contribution is -0.133. The maximum absolute atomic E-state index is 14.0. The maximum Gasteiger partial charge on any atom is 0.254 e. The SMILES string of the molecule is CN(CC(=O)N1CCN(Cc2c(F)cccc2Cl)CC1)C(=O)c1ccccc1. The zero-order chi connectivity index (χ0) is 20.1. The minimum atomic E-state index is -0.313. The number of hydrogen-bond donors (Lipinski definition) is 0. The van der Waals surface area contributed by atoms with Crippen molar-refractivity contribution in [2.45, 2.75) is 6.54 Å². The summed E-state index contributed by atoms with van der Waals surface area (Å²) >= 11 is 6.10. The van der Waals surface area contributed by atoms with Crippen molar-refractivity contribution >= 4 is 23.4 Å². The molecule has 0 aliphatic carbocycles. The van der Waals surface area contributed by atoms with Crippen molar-refractivity contribution < 1.29 is 14.0 Å². The number of nitrogens with zero attached hydrogens (tertiary/aromatic N) is 3. The van der Waals surface area contributed by atoms with E-state index in [4.69, 9.17) is 11.6 Å². The minimum Gasteiger partial charge on any atom is -0.339 e. The van der Waals surface area contributed by atoms with Crippen molar-refractivity contribution in [1.29, 1.82) is 0 Å². The predicted octanol–water partition coefficient (Wildman–Crippen LogP) is 2.90. The molecule has 0 radical (unpaired) electrons. The molecule has 28 heavy (non-hydrogen) atoms. The molecule has 0 atom stereocenters. The Morgan fingerprint density at radius 1 is 1.04 bits per heavy atom. The first-order valence-corrected chi connectivity index (χ1v) is 9.57. The van der Waals surface area contributed by atoms with Crippen molar-refractivity contribution in [2.24, 2.45) is 0 Å². The van der Waals surface area contributed by atoms with E-state index in [1.807, 2.05) is 6.07 Å².